The van der Waals surface area contributed by atoms with E-state index in [9.17, 15) is 9.59 Å². The van der Waals surface area contributed by atoms with Crippen LogP contribution in [0, 0.1) is 13.8 Å². The molecule has 24 heavy (non-hydrogen) atoms. The van der Waals surface area contributed by atoms with E-state index < -0.39 is 0 Å². The summed E-state index contributed by atoms with van der Waals surface area (Å²) in [5.41, 5.74) is 2.91. The molecule has 0 atom stereocenters. The van der Waals surface area contributed by atoms with E-state index in [0.717, 1.165) is 17.0 Å². The summed E-state index contributed by atoms with van der Waals surface area (Å²) in [7, 11) is 0. The van der Waals surface area contributed by atoms with Crippen molar-refractivity contribution in [2.75, 3.05) is 6.61 Å². The van der Waals surface area contributed by atoms with Crippen molar-refractivity contribution in [3.63, 3.8) is 0 Å². The fourth-order valence-corrected chi connectivity index (χ4v) is 2.70. The lowest BCUT2D eigenvalue weighted by atomic mass is 10.2. The van der Waals surface area contributed by atoms with Gasteiger partial charge in [0.15, 0.2) is 0 Å². The third kappa shape index (κ3) is 4.17. The van der Waals surface area contributed by atoms with Crippen LogP contribution in [0.15, 0.2) is 30.3 Å². The maximum Gasteiger partial charge on any atom is 0.339 e. The molecule has 0 aliphatic heterocycles. The van der Waals surface area contributed by atoms with E-state index >= 15 is 0 Å². The van der Waals surface area contributed by atoms with Crippen molar-refractivity contribution in [1.29, 1.82) is 0 Å². The van der Waals surface area contributed by atoms with Crippen LogP contribution in [0.5, 0.6) is 0 Å². The number of halogens is 1. The standard InChI is InChI=1S/C18H21ClN2O3/c1-4-24-18(23)15-9-12(2)21(13(15)3)11-17(22)20-10-14-7-5-6-8-16(14)19/h5-9H,4,10-11H2,1-3H3,(H,20,22). The molecule has 0 aliphatic carbocycles. The van der Waals surface area contributed by atoms with Gasteiger partial charge in [0.2, 0.25) is 5.91 Å². The van der Waals surface area contributed by atoms with Gasteiger partial charge in [0, 0.05) is 23.0 Å². The SMILES string of the molecule is CCOC(=O)c1cc(C)n(CC(=O)NCc2ccccc2Cl)c1C. The molecule has 1 amide bonds. The summed E-state index contributed by atoms with van der Waals surface area (Å²) in [6.07, 6.45) is 0. The van der Waals surface area contributed by atoms with Crippen LogP contribution in [-0.2, 0) is 22.6 Å². The lowest BCUT2D eigenvalue weighted by molar-refractivity contribution is -0.121. The van der Waals surface area contributed by atoms with E-state index in [1.807, 2.05) is 25.1 Å². The highest BCUT2D eigenvalue weighted by molar-refractivity contribution is 6.31. The molecule has 128 valence electrons. The third-order valence-corrected chi connectivity index (χ3v) is 4.17. The van der Waals surface area contributed by atoms with E-state index in [1.165, 1.54) is 0 Å². The molecule has 0 radical (unpaired) electrons. The summed E-state index contributed by atoms with van der Waals surface area (Å²) < 4.78 is 6.83. The van der Waals surface area contributed by atoms with Crippen molar-refractivity contribution in [1.82, 2.24) is 9.88 Å². The first-order chi connectivity index (χ1) is 11.4. The number of carbonyl (C=O) groups is 2. The van der Waals surface area contributed by atoms with E-state index in [-0.39, 0.29) is 18.4 Å². The quantitative estimate of drug-likeness (QED) is 0.815. The number of nitrogens with one attached hydrogen (secondary N) is 1. The minimum Gasteiger partial charge on any atom is -0.462 e. The first-order valence-electron chi connectivity index (χ1n) is 7.78. The van der Waals surface area contributed by atoms with Crippen LogP contribution in [0.25, 0.3) is 0 Å². The van der Waals surface area contributed by atoms with Crippen LogP contribution in [0.3, 0.4) is 0 Å². The molecule has 1 N–H and O–H groups in total. The highest BCUT2D eigenvalue weighted by Crippen LogP contribution is 2.17. The van der Waals surface area contributed by atoms with Gasteiger partial charge in [0.25, 0.3) is 0 Å². The number of hydrogen-bond donors (Lipinski definition) is 1. The van der Waals surface area contributed by atoms with Crippen molar-refractivity contribution in [3.05, 3.63) is 57.9 Å². The molecule has 2 aromatic rings. The monoisotopic (exact) mass is 348 g/mol. The Hall–Kier alpha value is -2.27. The van der Waals surface area contributed by atoms with Gasteiger partial charge in [-0.2, -0.15) is 0 Å². The second-order valence-corrected chi connectivity index (χ2v) is 5.87. The largest absolute Gasteiger partial charge is 0.462 e. The van der Waals surface area contributed by atoms with Gasteiger partial charge >= 0.3 is 5.97 Å². The molecule has 0 saturated heterocycles. The van der Waals surface area contributed by atoms with Gasteiger partial charge in [0.05, 0.1) is 12.2 Å². The highest BCUT2D eigenvalue weighted by Gasteiger charge is 2.18. The van der Waals surface area contributed by atoms with Gasteiger partial charge in [-0.05, 0) is 38.5 Å². The Labute approximate surface area is 146 Å². The number of hydrogen-bond acceptors (Lipinski definition) is 3. The molecule has 0 saturated carbocycles. The van der Waals surface area contributed by atoms with Crippen molar-refractivity contribution < 1.29 is 14.3 Å². The molecule has 5 nitrogen and oxygen atoms in total. The van der Waals surface area contributed by atoms with E-state index in [0.29, 0.717) is 23.7 Å². The van der Waals surface area contributed by atoms with Gasteiger partial charge in [-0.3, -0.25) is 4.79 Å². The molecular weight excluding hydrogens is 328 g/mol. The summed E-state index contributed by atoms with van der Waals surface area (Å²) in [5.74, 6) is -0.513. The fraction of sp³-hybridized carbons (Fsp3) is 0.333. The summed E-state index contributed by atoms with van der Waals surface area (Å²) in [5, 5.41) is 3.47. The number of nitrogens with zero attached hydrogens (tertiary/aromatic N) is 1. The number of ether oxygens (including phenoxy) is 1. The van der Waals surface area contributed by atoms with Crippen LogP contribution < -0.4 is 5.32 Å². The zero-order chi connectivity index (χ0) is 17.7. The fourth-order valence-electron chi connectivity index (χ4n) is 2.50. The van der Waals surface area contributed by atoms with Crippen LogP contribution >= 0.6 is 11.6 Å². The number of aryl methyl sites for hydroxylation is 1. The number of amides is 1. The lowest BCUT2D eigenvalue weighted by Crippen LogP contribution is -2.28. The number of esters is 1. The number of carbonyl (C=O) groups excluding carboxylic acids is 2. The Morgan fingerprint density at radius 1 is 1.25 bits per heavy atom. The van der Waals surface area contributed by atoms with E-state index in [2.05, 4.69) is 5.32 Å². The summed E-state index contributed by atoms with van der Waals surface area (Å²) in [4.78, 5) is 24.1. The zero-order valence-electron chi connectivity index (χ0n) is 14.1. The van der Waals surface area contributed by atoms with Crippen LogP contribution in [0.1, 0.15) is 34.2 Å². The average molecular weight is 349 g/mol. The Balaban J connectivity index is 2.04. The Kier molecular flexibility index (Phi) is 6.04. The zero-order valence-corrected chi connectivity index (χ0v) is 14.8. The lowest BCUT2D eigenvalue weighted by Gasteiger charge is -2.11. The van der Waals surface area contributed by atoms with Crippen molar-refractivity contribution >= 4 is 23.5 Å². The third-order valence-electron chi connectivity index (χ3n) is 3.80. The molecular formula is C18H21ClN2O3. The van der Waals surface area contributed by atoms with Crippen molar-refractivity contribution in [2.45, 2.75) is 33.9 Å². The Morgan fingerprint density at radius 3 is 2.62 bits per heavy atom. The molecule has 1 aromatic heterocycles. The first kappa shape index (κ1) is 18.1. The van der Waals surface area contributed by atoms with Crippen molar-refractivity contribution in [2.24, 2.45) is 0 Å². The van der Waals surface area contributed by atoms with Gasteiger partial charge in [-0.15, -0.1) is 0 Å². The summed E-state index contributed by atoms with van der Waals surface area (Å²) >= 11 is 6.08. The maximum atomic E-state index is 12.2. The van der Waals surface area contributed by atoms with Gasteiger partial charge < -0.3 is 14.6 Å². The predicted octanol–water partition coefficient (Wildman–Crippen LogP) is 3.25. The maximum absolute atomic E-state index is 12.2. The number of rotatable bonds is 6. The summed E-state index contributed by atoms with van der Waals surface area (Å²) in [6.45, 7) is 6.25. The molecule has 0 bridgehead atoms. The topological polar surface area (TPSA) is 60.3 Å². The molecule has 1 heterocycles. The highest BCUT2D eigenvalue weighted by atomic mass is 35.5. The predicted molar refractivity (Wildman–Crippen MR) is 93.2 cm³/mol. The molecule has 2 rings (SSSR count). The normalized spacial score (nSPS) is 10.5. The first-order valence-corrected chi connectivity index (χ1v) is 8.15. The van der Waals surface area contributed by atoms with Crippen LogP contribution in [0.2, 0.25) is 5.02 Å². The minimum absolute atomic E-state index is 0.140. The number of aromatic nitrogens is 1. The van der Waals surface area contributed by atoms with Gasteiger partial charge in [-0.25, -0.2) is 4.79 Å². The van der Waals surface area contributed by atoms with Gasteiger partial charge in [-0.1, -0.05) is 29.8 Å². The second kappa shape index (κ2) is 8.02. The van der Waals surface area contributed by atoms with Gasteiger partial charge in [0.1, 0.15) is 6.54 Å². The second-order valence-electron chi connectivity index (χ2n) is 5.46. The molecule has 0 aliphatic rings. The minimum atomic E-state index is -0.367. The number of benzene rings is 1. The average Bonchev–Trinajstić information content (AvgIpc) is 2.82. The smallest absolute Gasteiger partial charge is 0.339 e. The van der Waals surface area contributed by atoms with Crippen molar-refractivity contribution in [3.8, 4) is 0 Å². The Morgan fingerprint density at radius 2 is 1.96 bits per heavy atom. The van der Waals surface area contributed by atoms with Crippen LogP contribution in [0.4, 0.5) is 0 Å². The molecule has 0 unspecified atom stereocenters. The molecule has 0 spiro atoms. The molecule has 1 aromatic carbocycles. The summed E-state index contributed by atoms with van der Waals surface area (Å²) in [6, 6.07) is 9.12. The molecule has 0 fully saturated rings. The van der Waals surface area contributed by atoms with E-state index in [1.54, 1.807) is 30.5 Å². The van der Waals surface area contributed by atoms with Crippen LogP contribution in [-0.4, -0.2) is 23.1 Å². The molecule has 6 heteroatoms. The Bertz CT molecular complexity index is 753. The van der Waals surface area contributed by atoms with E-state index in [4.69, 9.17) is 16.3 Å².